The Morgan fingerprint density at radius 3 is 2.48 bits per heavy atom. The van der Waals surface area contributed by atoms with Crippen LogP contribution in [-0.4, -0.2) is 50.7 Å². The number of ether oxygens (including phenoxy) is 1. The van der Waals surface area contributed by atoms with Gasteiger partial charge in [-0.2, -0.15) is 18.4 Å². The van der Waals surface area contributed by atoms with E-state index >= 15 is 0 Å². The number of hydrogen-bond donors (Lipinski definition) is 0. The van der Waals surface area contributed by atoms with Crippen molar-refractivity contribution in [2.24, 2.45) is 11.3 Å². The first-order chi connectivity index (χ1) is 15.8. The van der Waals surface area contributed by atoms with E-state index < -0.39 is 11.7 Å². The molecular formula is C25H26F3N3O2. The third kappa shape index (κ3) is 4.55. The van der Waals surface area contributed by atoms with Gasteiger partial charge in [0.2, 0.25) is 0 Å². The van der Waals surface area contributed by atoms with Crippen LogP contribution in [-0.2, 0) is 10.9 Å². The van der Waals surface area contributed by atoms with Crippen LogP contribution in [0.1, 0.15) is 34.3 Å². The highest BCUT2D eigenvalue weighted by Gasteiger charge is 2.49. The molecule has 0 bridgehead atoms. The smallest absolute Gasteiger partial charge is 0.384 e. The van der Waals surface area contributed by atoms with Gasteiger partial charge in [0.25, 0.3) is 5.91 Å². The average molecular weight is 457 g/mol. The molecule has 0 N–H and O–H groups in total. The summed E-state index contributed by atoms with van der Waals surface area (Å²) in [5.41, 5.74) is -0.305. The van der Waals surface area contributed by atoms with E-state index in [-0.39, 0.29) is 22.8 Å². The molecule has 2 heterocycles. The van der Waals surface area contributed by atoms with Gasteiger partial charge in [-0.1, -0.05) is 18.2 Å². The summed E-state index contributed by atoms with van der Waals surface area (Å²) >= 11 is 0. The van der Waals surface area contributed by atoms with Gasteiger partial charge in [-0.3, -0.25) is 4.79 Å². The van der Waals surface area contributed by atoms with Gasteiger partial charge in [0.15, 0.2) is 0 Å². The van der Waals surface area contributed by atoms with Crippen molar-refractivity contribution in [1.82, 2.24) is 4.90 Å². The molecule has 0 aliphatic carbocycles. The Bertz CT molecular complexity index is 1040. The number of hydrogen-bond acceptors (Lipinski definition) is 4. The first-order valence-corrected chi connectivity index (χ1v) is 11.0. The van der Waals surface area contributed by atoms with Crippen molar-refractivity contribution in [2.75, 3.05) is 44.8 Å². The average Bonchev–Trinajstić information content (AvgIpc) is 3.16. The normalized spacial score (nSPS) is 20.2. The van der Waals surface area contributed by atoms with Crippen LogP contribution in [0.5, 0.6) is 0 Å². The maximum atomic E-state index is 13.5. The molecule has 2 fully saturated rings. The van der Waals surface area contributed by atoms with Gasteiger partial charge in [-0.15, -0.1) is 0 Å². The minimum atomic E-state index is -4.59. The second-order valence-electron chi connectivity index (χ2n) is 8.89. The van der Waals surface area contributed by atoms with Crippen LogP contribution in [0.4, 0.5) is 18.9 Å². The van der Waals surface area contributed by atoms with Crippen LogP contribution in [0.15, 0.2) is 48.5 Å². The van der Waals surface area contributed by atoms with Gasteiger partial charge < -0.3 is 14.5 Å². The van der Waals surface area contributed by atoms with Crippen molar-refractivity contribution in [3.63, 3.8) is 0 Å². The molecular weight excluding hydrogens is 431 g/mol. The number of carbonyl (C=O) groups is 1. The number of benzene rings is 2. The predicted octanol–water partition coefficient (Wildman–Crippen LogP) is 4.58. The molecule has 0 saturated carbocycles. The Labute approximate surface area is 191 Å². The van der Waals surface area contributed by atoms with E-state index in [0.717, 1.165) is 18.9 Å². The highest BCUT2D eigenvalue weighted by Crippen LogP contribution is 2.47. The fraction of sp³-hybridized carbons (Fsp3) is 0.440. The molecule has 2 aliphatic heterocycles. The molecule has 1 spiro atoms. The number of anilines is 1. The lowest BCUT2D eigenvalue weighted by Crippen LogP contribution is -2.47. The molecule has 174 valence electrons. The third-order valence-electron chi connectivity index (χ3n) is 7.04. The SMILES string of the molecule is COCC1CN(c2ccc(C#N)c(C(F)(F)F)c2)CC12CCN(C(=O)c1ccccc1)CC2. The molecule has 5 nitrogen and oxygen atoms in total. The molecule has 4 rings (SSSR count). The van der Waals surface area contributed by atoms with E-state index in [2.05, 4.69) is 0 Å². The monoisotopic (exact) mass is 457 g/mol. The Kier molecular flexibility index (Phi) is 6.35. The minimum absolute atomic E-state index is 0.00510. The number of nitrogens with zero attached hydrogens (tertiary/aromatic N) is 3. The van der Waals surface area contributed by atoms with E-state index in [0.29, 0.717) is 44.0 Å². The number of alkyl halides is 3. The number of piperidine rings is 1. The van der Waals surface area contributed by atoms with Gasteiger partial charge in [0.05, 0.1) is 23.8 Å². The topological polar surface area (TPSA) is 56.6 Å². The lowest BCUT2D eigenvalue weighted by Gasteiger charge is -2.42. The molecule has 1 unspecified atom stereocenters. The van der Waals surface area contributed by atoms with Gasteiger partial charge in [-0.05, 0) is 48.6 Å². The Balaban J connectivity index is 1.54. The molecule has 0 aromatic heterocycles. The zero-order valence-corrected chi connectivity index (χ0v) is 18.4. The number of nitriles is 1. The third-order valence-corrected chi connectivity index (χ3v) is 7.04. The van der Waals surface area contributed by atoms with Crippen LogP contribution < -0.4 is 4.90 Å². The van der Waals surface area contributed by atoms with E-state index in [1.807, 2.05) is 28.0 Å². The number of amides is 1. The first kappa shape index (κ1) is 23.1. The Morgan fingerprint density at radius 1 is 1.18 bits per heavy atom. The second-order valence-corrected chi connectivity index (χ2v) is 8.89. The summed E-state index contributed by atoms with van der Waals surface area (Å²) in [6, 6.07) is 14.7. The van der Waals surface area contributed by atoms with Gasteiger partial charge in [-0.25, -0.2) is 0 Å². The maximum absolute atomic E-state index is 13.5. The van der Waals surface area contributed by atoms with Crippen molar-refractivity contribution in [2.45, 2.75) is 19.0 Å². The van der Waals surface area contributed by atoms with Crippen LogP contribution in [0, 0.1) is 22.7 Å². The Hall–Kier alpha value is -3.05. The fourth-order valence-corrected chi connectivity index (χ4v) is 5.21. The number of carbonyl (C=O) groups excluding carboxylic acids is 1. The number of likely N-dealkylation sites (tertiary alicyclic amines) is 1. The molecule has 2 aromatic rings. The molecule has 2 saturated heterocycles. The first-order valence-electron chi connectivity index (χ1n) is 11.0. The van der Waals surface area contributed by atoms with E-state index in [9.17, 15) is 18.0 Å². The molecule has 0 radical (unpaired) electrons. The minimum Gasteiger partial charge on any atom is -0.384 e. The van der Waals surface area contributed by atoms with Crippen molar-refractivity contribution in [1.29, 1.82) is 5.26 Å². The van der Waals surface area contributed by atoms with Gasteiger partial charge in [0, 0.05) is 50.5 Å². The summed E-state index contributed by atoms with van der Waals surface area (Å²) in [4.78, 5) is 16.7. The standard InChI is InChI=1S/C25H26F3N3O2/c1-33-16-20-15-31(21-8-7-19(14-29)22(13-21)25(26,27)28)17-24(20)9-11-30(12-10-24)23(32)18-5-3-2-4-6-18/h2-8,13,20H,9-12,15-17H2,1H3. The largest absolute Gasteiger partial charge is 0.417 e. The second kappa shape index (κ2) is 9.06. The molecule has 8 heteroatoms. The van der Waals surface area contributed by atoms with Crippen molar-refractivity contribution in [3.8, 4) is 6.07 Å². The summed E-state index contributed by atoms with van der Waals surface area (Å²) in [6.07, 6.45) is -3.06. The molecule has 1 amide bonds. The molecule has 33 heavy (non-hydrogen) atoms. The highest BCUT2D eigenvalue weighted by molar-refractivity contribution is 5.94. The summed E-state index contributed by atoms with van der Waals surface area (Å²) < 4.78 is 45.9. The van der Waals surface area contributed by atoms with E-state index in [4.69, 9.17) is 10.00 Å². The van der Waals surface area contributed by atoms with Gasteiger partial charge >= 0.3 is 6.18 Å². The summed E-state index contributed by atoms with van der Waals surface area (Å²) in [6.45, 7) is 2.87. The van der Waals surface area contributed by atoms with Crippen LogP contribution in [0.2, 0.25) is 0 Å². The van der Waals surface area contributed by atoms with Crippen LogP contribution >= 0.6 is 0 Å². The lowest BCUT2D eigenvalue weighted by atomic mass is 9.71. The van der Waals surface area contributed by atoms with E-state index in [1.165, 1.54) is 6.07 Å². The summed E-state index contributed by atoms with van der Waals surface area (Å²) in [5.74, 6) is 0.145. The number of halogens is 3. The van der Waals surface area contributed by atoms with Gasteiger partial charge in [0.1, 0.15) is 0 Å². The number of methoxy groups -OCH3 is 1. The fourth-order valence-electron chi connectivity index (χ4n) is 5.21. The van der Waals surface area contributed by atoms with Crippen molar-refractivity contribution in [3.05, 3.63) is 65.2 Å². The summed E-state index contributed by atoms with van der Waals surface area (Å²) in [7, 11) is 1.63. The zero-order chi connectivity index (χ0) is 23.6. The van der Waals surface area contributed by atoms with Crippen LogP contribution in [0.3, 0.4) is 0 Å². The zero-order valence-electron chi connectivity index (χ0n) is 18.4. The quantitative estimate of drug-likeness (QED) is 0.674. The van der Waals surface area contributed by atoms with Crippen molar-refractivity contribution >= 4 is 11.6 Å². The highest BCUT2D eigenvalue weighted by atomic mass is 19.4. The molecule has 1 atom stereocenters. The lowest BCUT2D eigenvalue weighted by molar-refractivity contribution is -0.137. The predicted molar refractivity (Wildman–Crippen MR) is 118 cm³/mol. The van der Waals surface area contributed by atoms with Crippen molar-refractivity contribution < 1.29 is 22.7 Å². The number of rotatable bonds is 4. The summed E-state index contributed by atoms with van der Waals surface area (Å²) in [5, 5.41) is 9.09. The maximum Gasteiger partial charge on any atom is 0.417 e. The molecule has 2 aromatic carbocycles. The van der Waals surface area contributed by atoms with E-state index in [1.54, 1.807) is 31.4 Å². The molecule has 2 aliphatic rings. The van der Waals surface area contributed by atoms with Crippen LogP contribution in [0.25, 0.3) is 0 Å². The Morgan fingerprint density at radius 2 is 1.88 bits per heavy atom.